The predicted octanol–water partition coefficient (Wildman–Crippen LogP) is 1.42. The molecule has 2 atom stereocenters. The number of piperidine rings is 1. The van der Waals surface area contributed by atoms with Crippen LogP contribution >= 0.6 is 11.3 Å². The lowest BCUT2D eigenvalue weighted by Crippen LogP contribution is -2.50. The molecule has 0 aromatic carbocycles. The quantitative estimate of drug-likeness (QED) is 0.691. The van der Waals surface area contributed by atoms with Crippen molar-refractivity contribution in [3.8, 4) is 0 Å². The predicted molar refractivity (Wildman–Crippen MR) is 95.0 cm³/mol. The molecule has 4 N–H and O–H groups in total. The Labute approximate surface area is 150 Å². The summed E-state index contributed by atoms with van der Waals surface area (Å²) < 4.78 is 0. The second kappa shape index (κ2) is 7.43. The van der Waals surface area contributed by atoms with Crippen LogP contribution in [0.2, 0.25) is 0 Å². The maximum atomic E-state index is 12.3. The first kappa shape index (κ1) is 17.7. The number of urea groups is 1. The normalized spacial score (nSPS) is 22.8. The minimum atomic E-state index is -0.514. The molecule has 136 valence electrons. The third kappa shape index (κ3) is 4.12. The van der Waals surface area contributed by atoms with Crippen LogP contribution in [0.4, 0.5) is 4.79 Å². The third-order valence-corrected chi connectivity index (χ3v) is 6.19. The van der Waals surface area contributed by atoms with Gasteiger partial charge in [0.15, 0.2) is 0 Å². The standard InChI is InChI=1S/C17H24N4O3S/c1-10-4-5-13-12(7-10)8-14(25-13)16(23)20-19-15(22)11-3-2-6-21(9-11)17(18)24/h8,10-11H,2-7,9H2,1H3,(H2,18,24)(H,19,22)(H,20,23)/t10-,11+/m0/s1. The fourth-order valence-electron chi connectivity index (χ4n) is 3.49. The number of fused-ring (bicyclic) bond motifs is 1. The molecule has 1 fully saturated rings. The molecule has 1 saturated heterocycles. The van der Waals surface area contributed by atoms with Gasteiger partial charge < -0.3 is 10.6 Å². The number of hydrogen-bond donors (Lipinski definition) is 3. The molecule has 0 spiro atoms. The number of thiophene rings is 1. The van der Waals surface area contributed by atoms with Gasteiger partial charge in [0, 0.05) is 18.0 Å². The van der Waals surface area contributed by atoms with Gasteiger partial charge in [0.25, 0.3) is 5.91 Å². The largest absolute Gasteiger partial charge is 0.351 e. The van der Waals surface area contributed by atoms with Crippen molar-refractivity contribution in [2.45, 2.75) is 39.0 Å². The Hall–Kier alpha value is -2.09. The van der Waals surface area contributed by atoms with E-state index >= 15 is 0 Å². The van der Waals surface area contributed by atoms with E-state index in [2.05, 4.69) is 17.8 Å². The summed E-state index contributed by atoms with van der Waals surface area (Å²) in [5.41, 5.74) is 11.5. The van der Waals surface area contributed by atoms with Crippen LogP contribution in [-0.4, -0.2) is 35.8 Å². The average molecular weight is 364 g/mol. The zero-order chi connectivity index (χ0) is 18.0. The van der Waals surface area contributed by atoms with Crippen molar-refractivity contribution in [3.63, 3.8) is 0 Å². The van der Waals surface area contributed by atoms with Crippen LogP contribution in [0, 0.1) is 11.8 Å². The SMILES string of the molecule is C[C@H]1CCc2sc(C(=O)NNC(=O)[C@@H]3CCCN(C(N)=O)C3)cc2C1. The summed E-state index contributed by atoms with van der Waals surface area (Å²) in [5, 5.41) is 0. The Kier molecular flexibility index (Phi) is 5.27. The number of carbonyl (C=O) groups excluding carboxylic acids is 3. The van der Waals surface area contributed by atoms with Gasteiger partial charge in [0.2, 0.25) is 5.91 Å². The molecule has 0 bridgehead atoms. The van der Waals surface area contributed by atoms with E-state index in [1.807, 2.05) is 6.07 Å². The number of primary amides is 1. The van der Waals surface area contributed by atoms with Crippen molar-refractivity contribution in [3.05, 3.63) is 21.4 Å². The number of amides is 4. The Balaban J connectivity index is 1.53. The summed E-state index contributed by atoms with van der Waals surface area (Å²) in [4.78, 5) is 39.1. The molecule has 0 saturated carbocycles. The highest BCUT2D eigenvalue weighted by Gasteiger charge is 2.28. The van der Waals surface area contributed by atoms with Crippen LogP contribution in [0.1, 0.15) is 46.3 Å². The third-order valence-electron chi connectivity index (χ3n) is 4.96. The molecule has 1 aliphatic carbocycles. The number of nitrogens with two attached hydrogens (primary N) is 1. The van der Waals surface area contributed by atoms with Crippen molar-refractivity contribution in [2.24, 2.45) is 17.6 Å². The average Bonchev–Trinajstić information content (AvgIpc) is 3.02. The number of aryl methyl sites for hydroxylation is 1. The lowest BCUT2D eigenvalue weighted by Gasteiger charge is -2.30. The van der Waals surface area contributed by atoms with E-state index in [9.17, 15) is 14.4 Å². The molecule has 1 aromatic rings. The lowest BCUT2D eigenvalue weighted by molar-refractivity contribution is -0.127. The van der Waals surface area contributed by atoms with Crippen LogP contribution in [0.3, 0.4) is 0 Å². The summed E-state index contributed by atoms with van der Waals surface area (Å²) in [5.74, 6) is -0.270. The van der Waals surface area contributed by atoms with Crippen molar-refractivity contribution in [2.75, 3.05) is 13.1 Å². The highest BCUT2D eigenvalue weighted by Crippen LogP contribution is 2.32. The molecule has 1 aliphatic heterocycles. The van der Waals surface area contributed by atoms with Crippen LogP contribution in [0.25, 0.3) is 0 Å². The van der Waals surface area contributed by atoms with Crippen molar-refractivity contribution < 1.29 is 14.4 Å². The van der Waals surface area contributed by atoms with Crippen molar-refractivity contribution in [1.82, 2.24) is 15.8 Å². The van der Waals surface area contributed by atoms with Gasteiger partial charge >= 0.3 is 6.03 Å². The monoisotopic (exact) mass is 364 g/mol. The zero-order valence-electron chi connectivity index (χ0n) is 14.3. The molecular weight excluding hydrogens is 340 g/mol. The molecule has 8 heteroatoms. The Morgan fingerprint density at radius 1 is 1.28 bits per heavy atom. The van der Waals surface area contributed by atoms with E-state index in [1.54, 1.807) is 0 Å². The maximum Gasteiger partial charge on any atom is 0.314 e. The van der Waals surface area contributed by atoms with Gasteiger partial charge in [-0.05, 0) is 49.7 Å². The number of hydrazine groups is 1. The molecule has 0 radical (unpaired) electrons. The molecule has 2 heterocycles. The van der Waals surface area contributed by atoms with Crippen LogP contribution in [-0.2, 0) is 17.6 Å². The summed E-state index contributed by atoms with van der Waals surface area (Å²) >= 11 is 1.50. The van der Waals surface area contributed by atoms with E-state index in [4.69, 9.17) is 5.73 Å². The summed E-state index contributed by atoms with van der Waals surface area (Å²) in [7, 11) is 0. The first-order valence-electron chi connectivity index (χ1n) is 8.70. The smallest absolute Gasteiger partial charge is 0.314 e. The van der Waals surface area contributed by atoms with E-state index in [0.717, 1.165) is 25.7 Å². The highest BCUT2D eigenvalue weighted by atomic mass is 32.1. The number of carbonyl (C=O) groups is 3. The summed E-state index contributed by atoms with van der Waals surface area (Å²) in [6.07, 6.45) is 4.59. The molecule has 3 rings (SSSR count). The van der Waals surface area contributed by atoms with E-state index in [-0.39, 0.29) is 17.7 Å². The fraction of sp³-hybridized carbons (Fsp3) is 0.588. The first-order valence-corrected chi connectivity index (χ1v) is 9.52. The number of likely N-dealkylation sites (tertiary alicyclic amines) is 1. The van der Waals surface area contributed by atoms with Crippen LogP contribution in [0.5, 0.6) is 0 Å². The van der Waals surface area contributed by atoms with Crippen LogP contribution in [0.15, 0.2) is 6.07 Å². The Morgan fingerprint density at radius 2 is 2.08 bits per heavy atom. The summed E-state index contributed by atoms with van der Waals surface area (Å²) in [6.45, 7) is 3.09. The Bertz CT molecular complexity index is 687. The second-order valence-electron chi connectivity index (χ2n) is 6.97. The van der Waals surface area contributed by atoms with Gasteiger partial charge in [0.05, 0.1) is 10.8 Å². The molecule has 25 heavy (non-hydrogen) atoms. The van der Waals surface area contributed by atoms with E-state index < -0.39 is 6.03 Å². The molecule has 7 nitrogen and oxygen atoms in total. The zero-order valence-corrected chi connectivity index (χ0v) is 15.2. The minimum absolute atomic E-state index is 0.283. The van der Waals surface area contributed by atoms with E-state index in [0.29, 0.717) is 30.3 Å². The molecular formula is C17H24N4O3S. The van der Waals surface area contributed by atoms with Gasteiger partial charge in [-0.3, -0.25) is 20.4 Å². The highest BCUT2D eigenvalue weighted by molar-refractivity contribution is 7.14. The lowest BCUT2D eigenvalue weighted by atomic mass is 9.90. The Morgan fingerprint density at radius 3 is 2.84 bits per heavy atom. The second-order valence-corrected chi connectivity index (χ2v) is 8.11. The number of hydrogen-bond acceptors (Lipinski definition) is 4. The fourth-order valence-corrected chi connectivity index (χ4v) is 4.59. The van der Waals surface area contributed by atoms with Gasteiger partial charge in [0.1, 0.15) is 0 Å². The number of nitrogens with one attached hydrogen (secondary N) is 2. The van der Waals surface area contributed by atoms with E-state index in [1.165, 1.54) is 26.7 Å². The molecule has 1 aromatic heterocycles. The maximum absolute atomic E-state index is 12.3. The van der Waals surface area contributed by atoms with Crippen molar-refractivity contribution >= 4 is 29.2 Å². The number of rotatable bonds is 2. The topological polar surface area (TPSA) is 105 Å². The molecule has 4 amide bonds. The van der Waals surface area contributed by atoms with Gasteiger partial charge in [-0.1, -0.05) is 6.92 Å². The first-order chi connectivity index (χ1) is 11.9. The van der Waals surface area contributed by atoms with Gasteiger partial charge in [-0.15, -0.1) is 11.3 Å². The minimum Gasteiger partial charge on any atom is -0.351 e. The molecule has 0 unspecified atom stereocenters. The van der Waals surface area contributed by atoms with Crippen LogP contribution < -0.4 is 16.6 Å². The van der Waals surface area contributed by atoms with Gasteiger partial charge in [-0.25, -0.2) is 4.79 Å². The van der Waals surface area contributed by atoms with Gasteiger partial charge in [-0.2, -0.15) is 0 Å². The van der Waals surface area contributed by atoms with Crippen molar-refractivity contribution in [1.29, 1.82) is 0 Å². The molecule has 2 aliphatic rings. The summed E-state index contributed by atoms with van der Waals surface area (Å²) in [6, 6.07) is 1.42. The number of nitrogens with zero attached hydrogens (tertiary/aromatic N) is 1.